The molecule has 0 saturated carbocycles. The molecule has 4 aliphatic heterocycles. The number of methoxy groups -OCH3 is 1. The highest BCUT2D eigenvalue weighted by Crippen LogP contribution is 2.68. The van der Waals surface area contributed by atoms with E-state index in [1.807, 2.05) is 11.8 Å². The molecule has 1 N–H and O–H groups in total. The van der Waals surface area contributed by atoms with Gasteiger partial charge in [0.15, 0.2) is 0 Å². The minimum atomic E-state index is -0.842. The first-order valence-electron chi connectivity index (χ1n) is 6.43. The van der Waals surface area contributed by atoms with Gasteiger partial charge >= 0.3 is 11.9 Å². The van der Waals surface area contributed by atoms with Crippen molar-refractivity contribution in [1.82, 2.24) is 0 Å². The van der Waals surface area contributed by atoms with Crippen LogP contribution in [-0.2, 0) is 14.3 Å². The maximum Gasteiger partial charge on any atom is 0.310 e. The topological polar surface area (TPSA) is 63.6 Å². The molecule has 0 amide bonds. The minimum absolute atomic E-state index is 0.0732. The number of carbonyl (C=O) groups is 2. The number of carbonyl (C=O) groups excluding carboxylic acids is 1. The Hall–Kier alpha value is -0.620. The van der Waals surface area contributed by atoms with Gasteiger partial charge in [-0.15, -0.1) is 11.8 Å². The summed E-state index contributed by atoms with van der Waals surface area (Å²) in [7, 11) is 1.35. The van der Waals surface area contributed by atoms with Crippen molar-refractivity contribution in [2.45, 2.75) is 21.0 Å². The molecule has 0 radical (unpaired) electrons. The second-order valence-corrected chi connectivity index (χ2v) is 8.30. The Kier molecular flexibility index (Phi) is 2.52. The first-order valence-corrected chi connectivity index (χ1v) is 8.32. The van der Waals surface area contributed by atoms with Crippen LogP contribution in [0.2, 0.25) is 0 Å². The second-order valence-electron chi connectivity index (χ2n) is 5.58. The van der Waals surface area contributed by atoms with Crippen molar-refractivity contribution in [3.05, 3.63) is 12.2 Å². The summed E-state index contributed by atoms with van der Waals surface area (Å²) in [5.41, 5.74) is 0. The first kappa shape index (κ1) is 12.1. The monoisotopic (exact) mass is 298 g/mol. The van der Waals surface area contributed by atoms with Gasteiger partial charge in [-0.25, -0.2) is 0 Å². The van der Waals surface area contributed by atoms with Crippen LogP contribution in [0.15, 0.2) is 12.2 Å². The molecule has 0 aromatic heterocycles. The molecule has 4 heterocycles. The third-order valence-electron chi connectivity index (χ3n) is 4.93. The van der Waals surface area contributed by atoms with E-state index in [1.54, 1.807) is 11.8 Å². The van der Waals surface area contributed by atoms with Crippen LogP contribution in [0.5, 0.6) is 0 Å². The predicted molar refractivity (Wildman–Crippen MR) is 73.1 cm³/mol. The van der Waals surface area contributed by atoms with Crippen LogP contribution in [0.3, 0.4) is 0 Å². The lowest BCUT2D eigenvalue weighted by Crippen LogP contribution is -2.49. The molecule has 4 nitrogen and oxygen atoms in total. The van der Waals surface area contributed by atoms with Gasteiger partial charge < -0.3 is 9.84 Å². The lowest BCUT2D eigenvalue weighted by molar-refractivity contribution is -0.157. The van der Waals surface area contributed by atoms with Crippen LogP contribution in [0.25, 0.3) is 0 Å². The van der Waals surface area contributed by atoms with E-state index in [9.17, 15) is 14.7 Å². The Bertz CT molecular complexity index is 491. The fourth-order valence-corrected chi connectivity index (χ4v) is 8.63. The number of hydrogen-bond acceptors (Lipinski definition) is 5. The molecule has 8 atom stereocenters. The zero-order valence-electron chi connectivity index (χ0n) is 10.3. The Morgan fingerprint density at radius 1 is 1.05 bits per heavy atom. The summed E-state index contributed by atoms with van der Waals surface area (Å²) in [4.78, 5) is 23.6. The Morgan fingerprint density at radius 2 is 1.63 bits per heavy atom. The zero-order chi connectivity index (χ0) is 13.3. The van der Waals surface area contributed by atoms with E-state index in [1.165, 1.54) is 7.11 Å². The quantitative estimate of drug-likeness (QED) is 0.612. The number of ether oxygens (including phenoxy) is 1. The fourth-order valence-electron chi connectivity index (χ4n) is 4.31. The van der Waals surface area contributed by atoms with Crippen LogP contribution in [0.1, 0.15) is 0 Å². The van der Waals surface area contributed by atoms with Crippen molar-refractivity contribution in [1.29, 1.82) is 0 Å². The van der Waals surface area contributed by atoms with E-state index >= 15 is 0 Å². The molecule has 6 heteroatoms. The predicted octanol–water partition coefficient (Wildman–Crippen LogP) is 1.26. The SMILES string of the molecule is COC(=O)C1C2SC(C1C(=O)O)C1C3C=CC(S3)C21. The highest BCUT2D eigenvalue weighted by atomic mass is 32.2. The van der Waals surface area contributed by atoms with E-state index in [-0.39, 0.29) is 16.5 Å². The molecule has 3 fully saturated rings. The number of carboxylic acids is 1. The molecule has 4 aliphatic rings. The number of fused-ring (bicyclic) bond motifs is 9. The van der Waals surface area contributed by atoms with Gasteiger partial charge in [0.05, 0.1) is 18.9 Å². The molecule has 0 aromatic rings. The van der Waals surface area contributed by atoms with Crippen molar-refractivity contribution in [2.24, 2.45) is 23.7 Å². The van der Waals surface area contributed by atoms with Crippen LogP contribution in [0, 0.1) is 23.7 Å². The molecule has 4 rings (SSSR count). The molecule has 8 unspecified atom stereocenters. The lowest BCUT2D eigenvalue weighted by atomic mass is 9.65. The number of thioether (sulfide) groups is 2. The summed E-state index contributed by atoms with van der Waals surface area (Å²) in [5, 5.41) is 10.6. The molecule has 0 aliphatic carbocycles. The van der Waals surface area contributed by atoms with Gasteiger partial charge in [-0.3, -0.25) is 9.59 Å². The van der Waals surface area contributed by atoms with Gasteiger partial charge in [0, 0.05) is 21.0 Å². The molecular weight excluding hydrogens is 284 g/mol. The largest absolute Gasteiger partial charge is 0.481 e. The first-order chi connectivity index (χ1) is 9.13. The highest BCUT2D eigenvalue weighted by Gasteiger charge is 2.69. The summed E-state index contributed by atoms with van der Waals surface area (Å²) in [6.45, 7) is 0. The summed E-state index contributed by atoms with van der Waals surface area (Å²) in [5.74, 6) is -1.34. The number of hydrogen-bond donors (Lipinski definition) is 1. The van der Waals surface area contributed by atoms with Gasteiger partial charge in [-0.2, -0.15) is 11.8 Å². The number of aliphatic carboxylic acids is 1. The highest BCUT2D eigenvalue weighted by molar-refractivity contribution is 8.03. The Morgan fingerprint density at radius 3 is 2.16 bits per heavy atom. The van der Waals surface area contributed by atoms with Gasteiger partial charge in [-0.05, 0) is 11.8 Å². The minimum Gasteiger partial charge on any atom is -0.481 e. The summed E-state index contributed by atoms with van der Waals surface area (Å²) < 4.78 is 4.86. The van der Waals surface area contributed by atoms with E-state index in [2.05, 4.69) is 12.2 Å². The van der Waals surface area contributed by atoms with Crippen molar-refractivity contribution in [3.63, 3.8) is 0 Å². The van der Waals surface area contributed by atoms with Crippen molar-refractivity contribution in [2.75, 3.05) is 7.11 Å². The van der Waals surface area contributed by atoms with E-state index in [4.69, 9.17) is 4.74 Å². The lowest BCUT2D eigenvalue weighted by Gasteiger charge is -2.36. The molecular formula is C13H14O4S2. The van der Waals surface area contributed by atoms with Crippen LogP contribution < -0.4 is 0 Å². The zero-order valence-corrected chi connectivity index (χ0v) is 11.9. The average molecular weight is 298 g/mol. The van der Waals surface area contributed by atoms with Crippen LogP contribution in [-0.4, -0.2) is 45.2 Å². The normalized spacial score (nSPS) is 52.5. The summed E-state index contributed by atoms with van der Waals surface area (Å²) in [6.07, 6.45) is 4.46. The van der Waals surface area contributed by atoms with E-state index in [0.29, 0.717) is 22.3 Å². The number of rotatable bonds is 2. The molecule has 102 valence electrons. The smallest absolute Gasteiger partial charge is 0.310 e. The Labute approximate surface area is 119 Å². The fraction of sp³-hybridized carbons (Fsp3) is 0.692. The van der Waals surface area contributed by atoms with E-state index in [0.717, 1.165) is 0 Å². The number of esters is 1. The molecule has 4 bridgehead atoms. The molecule has 0 aromatic carbocycles. The van der Waals surface area contributed by atoms with Gasteiger partial charge in [-0.1, -0.05) is 12.2 Å². The molecule has 3 saturated heterocycles. The Balaban J connectivity index is 1.73. The van der Waals surface area contributed by atoms with Crippen LogP contribution in [0.4, 0.5) is 0 Å². The third-order valence-corrected chi connectivity index (χ3v) is 8.35. The summed E-state index contributed by atoms with van der Waals surface area (Å²) >= 11 is 3.66. The van der Waals surface area contributed by atoms with Gasteiger partial charge in [0.2, 0.25) is 0 Å². The maximum absolute atomic E-state index is 12.0. The van der Waals surface area contributed by atoms with Crippen molar-refractivity contribution >= 4 is 35.5 Å². The standard InChI is InChI=1S/C13H14O4S2/c1-17-13(16)9-8(12(14)15)10-6-4-2-3-5(18-4)7(6)11(9)19-10/h2-11H,1H3,(H,14,15). The van der Waals surface area contributed by atoms with E-state index < -0.39 is 17.8 Å². The third kappa shape index (κ3) is 1.39. The molecule has 0 spiro atoms. The summed E-state index contributed by atoms with van der Waals surface area (Å²) in [6, 6.07) is 0. The molecule has 19 heavy (non-hydrogen) atoms. The van der Waals surface area contributed by atoms with Crippen LogP contribution >= 0.6 is 23.5 Å². The van der Waals surface area contributed by atoms with Gasteiger partial charge in [0.1, 0.15) is 0 Å². The van der Waals surface area contributed by atoms with Crippen molar-refractivity contribution in [3.8, 4) is 0 Å². The van der Waals surface area contributed by atoms with Crippen molar-refractivity contribution < 1.29 is 19.4 Å². The van der Waals surface area contributed by atoms with Gasteiger partial charge in [0.25, 0.3) is 0 Å². The second kappa shape index (κ2) is 3.95. The maximum atomic E-state index is 12.0. The average Bonchev–Trinajstić information content (AvgIpc) is 3.12. The number of carboxylic acid groups (broad SMARTS) is 1.